The Morgan fingerprint density at radius 3 is 2.76 bits per heavy atom. The van der Waals surface area contributed by atoms with Crippen molar-refractivity contribution in [3.63, 3.8) is 0 Å². The topological polar surface area (TPSA) is 12.0 Å². The molecule has 0 fully saturated rings. The van der Waals surface area contributed by atoms with Crippen molar-refractivity contribution in [2.24, 2.45) is 0 Å². The molecule has 1 nitrogen and oxygen atoms in total. The summed E-state index contributed by atoms with van der Waals surface area (Å²) in [6.45, 7) is 0. The van der Waals surface area contributed by atoms with Crippen LogP contribution < -0.4 is 5.32 Å². The summed E-state index contributed by atoms with van der Waals surface area (Å²) >= 11 is 8.96. The van der Waals surface area contributed by atoms with Gasteiger partial charge in [-0.2, -0.15) is 0 Å². The van der Waals surface area contributed by atoms with Crippen LogP contribution in [0.4, 0.5) is 0 Å². The summed E-state index contributed by atoms with van der Waals surface area (Å²) in [6.07, 6.45) is 8.96. The van der Waals surface area contributed by atoms with Crippen LogP contribution in [0.25, 0.3) is 0 Å². The second-order valence-electron chi connectivity index (χ2n) is 4.37. The van der Waals surface area contributed by atoms with Crippen LogP contribution in [0.15, 0.2) is 26.0 Å². The first-order valence-electron chi connectivity index (χ1n) is 6.03. The summed E-state index contributed by atoms with van der Waals surface area (Å²) in [5.74, 6) is 0. The largest absolute Gasteiger partial charge is 0.309 e. The van der Waals surface area contributed by atoms with Crippen LogP contribution in [0.3, 0.4) is 0 Å². The summed E-state index contributed by atoms with van der Waals surface area (Å²) < 4.78 is 2.34. The van der Waals surface area contributed by atoms with Crippen LogP contribution >= 0.6 is 43.2 Å². The van der Waals surface area contributed by atoms with Gasteiger partial charge in [-0.25, -0.2) is 0 Å². The van der Waals surface area contributed by atoms with E-state index in [0.717, 1.165) is 4.47 Å². The van der Waals surface area contributed by atoms with Gasteiger partial charge in [0, 0.05) is 9.35 Å². The van der Waals surface area contributed by atoms with Gasteiger partial charge in [0.05, 0.1) is 9.83 Å². The molecular weight excluding hydrogens is 362 g/mol. The first kappa shape index (κ1) is 13.8. The number of rotatable bonds is 3. The second-order valence-corrected chi connectivity index (χ2v) is 7.63. The summed E-state index contributed by atoms with van der Waals surface area (Å²) in [5.41, 5.74) is 1.56. The van der Waals surface area contributed by atoms with Gasteiger partial charge in [-0.3, -0.25) is 0 Å². The predicted molar refractivity (Wildman–Crippen MR) is 82.7 cm³/mol. The zero-order valence-electron chi connectivity index (χ0n) is 9.93. The molecule has 1 aliphatic carbocycles. The maximum Gasteiger partial charge on any atom is 0.0843 e. The third kappa shape index (κ3) is 3.43. The van der Waals surface area contributed by atoms with E-state index in [2.05, 4.69) is 56.4 Å². The molecule has 0 amide bonds. The Hall–Kier alpha value is 0.360. The van der Waals surface area contributed by atoms with Crippen molar-refractivity contribution in [1.29, 1.82) is 0 Å². The molecule has 1 aliphatic rings. The fourth-order valence-corrected chi connectivity index (χ4v) is 4.56. The van der Waals surface area contributed by atoms with Crippen LogP contribution in [-0.4, -0.2) is 7.05 Å². The normalized spacial score (nSPS) is 18.6. The van der Waals surface area contributed by atoms with Gasteiger partial charge >= 0.3 is 0 Å². The number of thiophene rings is 1. The highest BCUT2D eigenvalue weighted by Crippen LogP contribution is 2.39. The van der Waals surface area contributed by atoms with E-state index in [1.807, 2.05) is 11.3 Å². The number of halogens is 2. The summed E-state index contributed by atoms with van der Waals surface area (Å²) in [5, 5.41) is 3.46. The van der Waals surface area contributed by atoms with E-state index < -0.39 is 0 Å². The van der Waals surface area contributed by atoms with Crippen LogP contribution in [0, 0.1) is 0 Å². The minimum absolute atomic E-state index is 0.390. The van der Waals surface area contributed by atoms with Gasteiger partial charge in [-0.05, 0) is 70.7 Å². The van der Waals surface area contributed by atoms with Crippen LogP contribution in [0.5, 0.6) is 0 Å². The molecule has 1 aromatic heterocycles. The fraction of sp³-hybridized carbons (Fsp3) is 0.538. The predicted octanol–water partition coefficient (Wildman–Crippen LogP) is 5.42. The maximum absolute atomic E-state index is 3.58. The van der Waals surface area contributed by atoms with E-state index in [1.54, 1.807) is 5.57 Å². The molecule has 0 spiro atoms. The Morgan fingerprint density at radius 1 is 1.29 bits per heavy atom. The van der Waals surface area contributed by atoms with Gasteiger partial charge < -0.3 is 5.32 Å². The average molecular weight is 379 g/mol. The quantitative estimate of drug-likeness (QED) is 0.692. The minimum Gasteiger partial charge on any atom is -0.309 e. The molecule has 0 saturated heterocycles. The van der Waals surface area contributed by atoms with Crippen molar-refractivity contribution in [3.05, 3.63) is 30.9 Å². The molecule has 2 rings (SSSR count). The molecule has 4 heteroatoms. The molecule has 1 heterocycles. The van der Waals surface area contributed by atoms with Crippen molar-refractivity contribution < 1.29 is 0 Å². The fourth-order valence-electron chi connectivity index (χ4n) is 2.32. The van der Waals surface area contributed by atoms with Gasteiger partial charge in [0.1, 0.15) is 0 Å². The molecule has 0 aromatic carbocycles. The zero-order valence-corrected chi connectivity index (χ0v) is 13.9. The molecule has 1 unspecified atom stereocenters. The van der Waals surface area contributed by atoms with E-state index >= 15 is 0 Å². The number of allylic oxidation sites excluding steroid dienone is 1. The van der Waals surface area contributed by atoms with Gasteiger partial charge in [-0.15, -0.1) is 11.3 Å². The summed E-state index contributed by atoms with van der Waals surface area (Å²) in [7, 11) is 2.05. The van der Waals surface area contributed by atoms with Gasteiger partial charge in [0.15, 0.2) is 0 Å². The molecule has 1 N–H and O–H groups in total. The third-order valence-electron chi connectivity index (χ3n) is 3.18. The zero-order chi connectivity index (χ0) is 12.3. The maximum atomic E-state index is 3.58. The molecule has 1 aromatic rings. The lowest BCUT2D eigenvalue weighted by Crippen LogP contribution is -2.17. The molecule has 0 bridgehead atoms. The van der Waals surface area contributed by atoms with Crippen molar-refractivity contribution in [2.45, 2.75) is 38.1 Å². The summed E-state index contributed by atoms with van der Waals surface area (Å²) in [4.78, 5) is 1.39. The van der Waals surface area contributed by atoms with Gasteiger partial charge in [-0.1, -0.05) is 18.1 Å². The van der Waals surface area contributed by atoms with Crippen molar-refractivity contribution >= 4 is 43.2 Å². The van der Waals surface area contributed by atoms with Crippen molar-refractivity contribution in [2.75, 3.05) is 7.05 Å². The molecule has 1 atom stereocenters. The first-order valence-corrected chi connectivity index (χ1v) is 8.43. The Morgan fingerprint density at radius 2 is 2.12 bits per heavy atom. The number of hydrogen-bond acceptors (Lipinski definition) is 2. The highest BCUT2D eigenvalue weighted by Gasteiger charge is 2.18. The number of nitrogens with one attached hydrogen (secondary N) is 1. The van der Waals surface area contributed by atoms with E-state index in [0.29, 0.717) is 6.04 Å². The van der Waals surface area contributed by atoms with E-state index in [1.165, 1.54) is 40.8 Å². The van der Waals surface area contributed by atoms with Crippen LogP contribution in [0.1, 0.15) is 43.0 Å². The summed E-state index contributed by atoms with van der Waals surface area (Å²) in [6, 6.07) is 2.61. The van der Waals surface area contributed by atoms with Crippen molar-refractivity contribution in [1.82, 2.24) is 5.32 Å². The number of likely N-dealkylation sites (N-methyl/N-ethyl adjacent to an activating group) is 1. The molecule has 0 saturated carbocycles. The molecule has 94 valence electrons. The van der Waals surface area contributed by atoms with E-state index in [4.69, 9.17) is 0 Å². The number of hydrogen-bond donors (Lipinski definition) is 1. The Kier molecular flexibility index (Phi) is 5.27. The minimum atomic E-state index is 0.390. The second kappa shape index (κ2) is 6.50. The van der Waals surface area contributed by atoms with Crippen LogP contribution in [-0.2, 0) is 0 Å². The lowest BCUT2D eigenvalue weighted by molar-refractivity contribution is 0.636. The Balaban J connectivity index is 2.23. The van der Waals surface area contributed by atoms with E-state index in [-0.39, 0.29) is 0 Å². The highest BCUT2D eigenvalue weighted by molar-refractivity contribution is 9.13. The van der Waals surface area contributed by atoms with E-state index in [9.17, 15) is 0 Å². The highest BCUT2D eigenvalue weighted by atomic mass is 79.9. The monoisotopic (exact) mass is 377 g/mol. The Bertz CT molecular complexity index is 392. The molecule has 0 radical (unpaired) electrons. The Labute approximate surface area is 124 Å². The standard InChI is InChI=1S/C13H17Br2NS/c1-16-12(9-6-4-2-3-5-7-9)11-8-10(14)13(15)17-11/h6,8,12,16H,2-5,7H2,1H3. The third-order valence-corrected chi connectivity index (χ3v) is 6.51. The molecular formula is C13H17Br2NS. The SMILES string of the molecule is CNC(C1=CCCCCC1)c1cc(Br)c(Br)s1. The lowest BCUT2D eigenvalue weighted by atomic mass is 10.0. The molecule has 17 heavy (non-hydrogen) atoms. The first-order chi connectivity index (χ1) is 8.22. The van der Waals surface area contributed by atoms with Gasteiger partial charge in [0.25, 0.3) is 0 Å². The lowest BCUT2D eigenvalue weighted by Gasteiger charge is -2.18. The molecule has 0 aliphatic heterocycles. The van der Waals surface area contributed by atoms with Crippen LogP contribution in [0.2, 0.25) is 0 Å². The van der Waals surface area contributed by atoms with Gasteiger partial charge in [0.2, 0.25) is 0 Å². The van der Waals surface area contributed by atoms with Crippen molar-refractivity contribution in [3.8, 4) is 0 Å². The smallest absolute Gasteiger partial charge is 0.0843 e. The average Bonchev–Trinajstić information content (AvgIpc) is 2.56.